The lowest BCUT2D eigenvalue weighted by Gasteiger charge is -2.19. The summed E-state index contributed by atoms with van der Waals surface area (Å²) in [5, 5.41) is 2.98. The molecule has 1 aliphatic rings. The Bertz CT molecular complexity index is 731. The third kappa shape index (κ3) is 4.83. The SMILES string of the molecule is COc1cccc(N2CC[C@@H](CNC(=O)/C=C\c3ccccn3)C2)c1. The highest BCUT2D eigenvalue weighted by Gasteiger charge is 2.23. The van der Waals surface area contributed by atoms with Crippen LogP contribution in [0.25, 0.3) is 6.08 Å². The van der Waals surface area contributed by atoms with E-state index in [0.717, 1.165) is 31.0 Å². The smallest absolute Gasteiger partial charge is 0.244 e. The van der Waals surface area contributed by atoms with Gasteiger partial charge < -0.3 is 15.0 Å². The fourth-order valence-electron chi connectivity index (χ4n) is 2.98. The van der Waals surface area contributed by atoms with E-state index in [1.165, 1.54) is 11.8 Å². The van der Waals surface area contributed by atoms with E-state index >= 15 is 0 Å². The lowest BCUT2D eigenvalue weighted by Crippen LogP contribution is -2.29. The monoisotopic (exact) mass is 337 g/mol. The lowest BCUT2D eigenvalue weighted by atomic mass is 10.1. The molecule has 1 aromatic heterocycles. The minimum Gasteiger partial charge on any atom is -0.497 e. The average molecular weight is 337 g/mol. The molecule has 0 spiro atoms. The fourth-order valence-corrected chi connectivity index (χ4v) is 2.98. The van der Waals surface area contributed by atoms with E-state index in [9.17, 15) is 4.79 Å². The first-order valence-electron chi connectivity index (χ1n) is 8.50. The predicted molar refractivity (Wildman–Crippen MR) is 99.6 cm³/mol. The van der Waals surface area contributed by atoms with Crippen LogP contribution in [0.15, 0.2) is 54.7 Å². The van der Waals surface area contributed by atoms with Crippen LogP contribution in [0.2, 0.25) is 0 Å². The van der Waals surface area contributed by atoms with Crippen LogP contribution in [0.5, 0.6) is 5.75 Å². The molecule has 1 aromatic carbocycles. The van der Waals surface area contributed by atoms with Crippen molar-refractivity contribution in [1.29, 1.82) is 0 Å². The van der Waals surface area contributed by atoms with E-state index < -0.39 is 0 Å². The summed E-state index contributed by atoms with van der Waals surface area (Å²) in [6.45, 7) is 2.63. The Labute approximate surface area is 148 Å². The number of rotatable bonds is 6. The number of anilines is 1. The number of nitrogens with zero attached hydrogens (tertiary/aromatic N) is 2. The molecular formula is C20H23N3O2. The third-order valence-electron chi connectivity index (χ3n) is 4.36. The number of carbonyl (C=O) groups excluding carboxylic acids is 1. The normalized spacial score (nSPS) is 17.0. The van der Waals surface area contributed by atoms with Crippen molar-refractivity contribution >= 4 is 17.7 Å². The predicted octanol–water partition coefficient (Wildman–Crippen LogP) is 2.75. The van der Waals surface area contributed by atoms with Gasteiger partial charge in [-0.25, -0.2) is 0 Å². The molecule has 1 aliphatic heterocycles. The number of amides is 1. The first kappa shape index (κ1) is 17.0. The van der Waals surface area contributed by atoms with Gasteiger partial charge in [-0.2, -0.15) is 0 Å². The summed E-state index contributed by atoms with van der Waals surface area (Å²) in [7, 11) is 1.68. The highest BCUT2D eigenvalue weighted by Crippen LogP contribution is 2.26. The van der Waals surface area contributed by atoms with Gasteiger partial charge in [-0.05, 0) is 42.7 Å². The van der Waals surface area contributed by atoms with Crippen LogP contribution in [0, 0.1) is 5.92 Å². The molecule has 0 unspecified atom stereocenters. The zero-order valence-corrected chi connectivity index (χ0v) is 14.4. The van der Waals surface area contributed by atoms with E-state index in [4.69, 9.17) is 4.74 Å². The number of nitrogens with one attached hydrogen (secondary N) is 1. The van der Waals surface area contributed by atoms with E-state index in [-0.39, 0.29) is 5.91 Å². The van der Waals surface area contributed by atoms with Crippen molar-refractivity contribution in [3.8, 4) is 5.75 Å². The van der Waals surface area contributed by atoms with Gasteiger partial charge in [-0.3, -0.25) is 9.78 Å². The van der Waals surface area contributed by atoms with Gasteiger partial charge >= 0.3 is 0 Å². The molecule has 2 aromatic rings. The summed E-state index contributed by atoms with van der Waals surface area (Å²) < 4.78 is 5.29. The maximum Gasteiger partial charge on any atom is 0.244 e. The Morgan fingerprint density at radius 2 is 2.28 bits per heavy atom. The number of hydrogen-bond acceptors (Lipinski definition) is 4. The highest BCUT2D eigenvalue weighted by molar-refractivity contribution is 5.91. The summed E-state index contributed by atoms with van der Waals surface area (Å²) in [5.74, 6) is 1.25. The largest absolute Gasteiger partial charge is 0.497 e. The Kier molecular flexibility index (Phi) is 5.67. The molecule has 1 fully saturated rings. The second-order valence-electron chi connectivity index (χ2n) is 6.14. The number of carbonyl (C=O) groups is 1. The molecule has 1 N–H and O–H groups in total. The maximum atomic E-state index is 12.0. The summed E-state index contributed by atoms with van der Waals surface area (Å²) >= 11 is 0. The molecule has 0 radical (unpaired) electrons. The van der Waals surface area contributed by atoms with E-state index in [1.54, 1.807) is 19.4 Å². The molecule has 2 heterocycles. The first-order chi connectivity index (χ1) is 12.2. The van der Waals surface area contributed by atoms with Crippen molar-refractivity contribution < 1.29 is 9.53 Å². The quantitative estimate of drug-likeness (QED) is 0.824. The highest BCUT2D eigenvalue weighted by atomic mass is 16.5. The topological polar surface area (TPSA) is 54.5 Å². The molecule has 25 heavy (non-hydrogen) atoms. The standard InChI is InChI=1S/C20H23N3O2/c1-25-19-7-4-6-18(13-19)23-12-10-16(15-23)14-22-20(24)9-8-17-5-2-3-11-21-17/h2-9,11,13,16H,10,12,14-15H2,1H3,(H,22,24)/b9-8-/t16-/m0/s1. The Morgan fingerprint density at radius 1 is 1.36 bits per heavy atom. The minimum atomic E-state index is -0.0783. The summed E-state index contributed by atoms with van der Waals surface area (Å²) in [6, 6.07) is 13.7. The first-order valence-corrected chi connectivity index (χ1v) is 8.50. The van der Waals surface area contributed by atoms with Gasteiger partial charge in [0.2, 0.25) is 5.91 Å². The second kappa shape index (κ2) is 8.33. The van der Waals surface area contributed by atoms with Crippen LogP contribution < -0.4 is 15.0 Å². The van der Waals surface area contributed by atoms with Crippen LogP contribution >= 0.6 is 0 Å². The average Bonchev–Trinajstić information content (AvgIpc) is 3.15. The van der Waals surface area contributed by atoms with E-state index in [2.05, 4.69) is 27.3 Å². The van der Waals surface area contributed by atoms with Gasteiger partial charge in [0.05, 0.1) is 12.8 Å². The molecular weight excluding hydrogens is 314 g/mol. The van der Waals surface area contributed by atoms with Crippen molar-refractivity contribution in [1.82, 2.24) is 10.3 Å². The van der Waals surface area contributed by atoms with Crippen LogP contribution in [-0.2, 0) is 4.79 Å². The van der Waals surface area contributed by atoms with Crippen LogP contribution in [0.1, 0.15) is 12.1 Å². The number of hydrogen-bond donors (Lipinski definition) is 1. The van der Waals surface area contributed by atoms with Crippen molar-refractivity contribution in [2.75, 3.05) is 31.6 Å². The van der Waals surface area contributed by atoms with Gasteiger partial charge in [-0.1, -0.05) is 12.1 Å². The number of methoxy groups -OCH3 is 1. The lowest BCUT2D eigenvalue weighted by molar-refractivity contribution is -0.116. The zero-order valence-electron chi connectivity index (χ0n) is 14.4. The summed E-state index contributed by atoms with van der Waals surface area (Å²) in [4.78, 5) is 18.5. The van der Waals surface area contributed by atoms with Crippen molar-refractivity contribution in [3.63, 3.8) is 0 Å². The van der Waals surface area contributed by atoms with Crippen LogP contribution in [0.4, 0.5) is 5.69 Å². The van der Waals surface area contributed by atoms with Gasteiger partial charge in [0.15, 0.2) is 0 Å². The number of ether oxygens (including phenoxy) is 1. The molecule has 1 atom stereocenters. The molecule has 0 saturated carbocycles. The van der Waals surface area contributed by atoms with E-state index in [0.29, 0.717) is 12.5 Å². The third-order valence-corrected chi connectivity index (χ3v) is 4.36. The molecule has 5 nitrogen and oxygen atoms in total. The summed E-state index contributed by atoms with van der Waals surface area (Å²) in [6.07, 6.45) is 6.05. The molecule has 3 rings (SSSR count). The number of aromatic nitrogens is 1. The van der Waals surface area contributed by atoms with Crippen LogP contribution in [-0.4, -0.2) is 37.6 Å². The minimum absolute atomic E-state index is 0.0783. The van der Waals surface area contributed by atoms with Gasteiger partial charge in [0.25, 0.3) is 0 Å². The van der Waals surface area contributed by atoms with Gasteiger partial charge in [-0.15, -0.1) is 0 Å². The van der Waals surface area contributed by atoms with Crippen molar-refractivity contribution in [2.45, 2.75) is 6.42 Å². The molecule has 130 valence electrons. The molecule has 1 saturated heterocycles. The number of pyridine rings is 1. The second-order valence-corrected chi connectivity index (χ2v) is 6.14. The van der Waals surface area contributed by atoms with Crippen LogP contribution in [0.3, 0.4) is 0 Å². The Balaban J connectivity index is 1.46. The summed E-state index contributed by atoms with van der Waals surface area (Å²) in [5.41, 5.74) is 1.95. The molecule has 0 aliphatic carbocycles. The van der Waals surface area contributed by atoms with Crippen molar-refractivity contribution in [3.05, 3.63) is 60.4 Å². The molecule has 1 amide bonds. The number of benzene rings is 1. The van der Waals surface area contributed by atoms with Gasteiger partial charge in [0, 0.05) is 43.7 Å². The Morgan fingerprint density at radius 3 is 3.08 bits per heavy atom. The fraction of sp³-hybridized carbons (Fsp3) is 0.300. The van der Waals surface area contributed by atoms with Crippen molar-refractivity contribution in [2.24, 2.45) is 5.92 Å². The molecule has 0 bridgehead atoms. The maximum absolute atomic E-state index is 12.0. The molecule has 5 heteroatoms. The zero-order chi connectivity index (χ0) is 17.5. The van der Waals surface area contributed by atoms with Gasteiger partial charge in [0.1, 0.15) is 5.75 Å². The Hall–Kier alpha value is -2.82. The van der Waals surface area contributed by atoms with E-state index in [1.807, 2.05) is 30.3 Å².